The number of anilines is 2. The molecule has 158 valence electrons. The van der Waals surface area contributed by atoms with Crippen molar-refractivity contribution in [3.63, 3.8) is 0 Å². The van der Waals surface area contributed by atoms with Gasteiger partial charge in [0.25, 0.3) is 10.0 Å². The third kappa shape index (κ3) is 4.61. The van der Waals surface area contributed by atoms with Gasteiger partial charge in [0.1, 0.15) is 23.6 Å². The molecule has 0 aliphatic rings. The summed E-state index contributed by atoms with van der Waals surface area (Å²) in [5.74, 6) is -0.271. The summed E-state index contributed by atoms with van der Waals surface area (Å²) >= 11 is 0. The summed E-state index contributed by atoms with van der Waals surface area (Å²) in [4.78, 5) is 16.2. The lowest BCUT2D eigenvalue weighted by Crippen LogP contribution is -2.24. The monoisotopic (exact) mass is 437 g/mol. The summed E-state index contributed by atoms with van der Waals surface area (Å²) < 4.78 is 30.8. The van der Waals surface area contributed by atoms with Crippen molar-refractivity contribution < 1.29 is 13.2 Å². The number of amides is 1. The third-order valence-corrected chi connectivity index (χ3v) is 5.84. The Morgan fingerprint density at radius 1 is 1.00 bits per heavy atom. The Morgan fingerprint density at radius 2 is 1.71 bits per heavy atom. The van der Waals surface area contributed by atoms with E-state index in [1.54, 1.807) is 31.2 Å². The lowest BCUT2D eigenvalue weighted by molar-refractivity contribution is -0.119. The van der Waals surface area contributed by atoms with E-state index < -0.39 is 16.1 Å². The molecular weight excluding hydrogens is 418 g/mol. The van der Waals surface area contributed by atoms with Gasteiger partial charge in [-0.25, -0.2) is 22.8 Å². The number of para-hydroxylation sites is 1. The molecule has 2 N–H and O–H groups in total. The van der Waals surface area contributed by atoms with Crippen LogP contribution < -0.4 is 10.0 Å². The van der Waals surface area contributed by atoms with Gasteiger partial charge in [-0.2, -0.15) is 10.2 Å². The number of nitrogens with one attached hydrogen (secondary N) is 2. The Kier molecular flexibility index (Phi) is 5.50. The van der Waals surface area contributed by atoms with Crippen LogP contribution in [0.5, 0.6) is 0 Å². The summed E-state index contributed by atoms with van der Waals surface area (Å²) in [5, 5.41) is 10.8. The zero-order valence-electron chi connectivity index (χ0n) is 16.5. The summed E-state index contributed by atoms with van der Waals surface area (Å²) in [6.07, 6.45) is 5.55. The summed E-state index contributed by atoms with van der Waals surface area (Å²) in [6, 6.07) is 15.0. The van der Waals surface area contributed by atoms with Gasteiger partial charge in [0.2, 0.25) is 5.91 Å². The van der Waals surface area contributed by atoms with Crippen LogP contribution in [0.1, 0.15) is 13.0 Å². The highest BCUT2D eigenvalue weighted by Crippen LogP contribution is 2.20. The van der Waals surface area contributed by atoms with Crippen LogP contribution in [0.15, 0.2) is 84.5 Å². The first-order valence-corrected chi connectivity index (χ1v) is 10.8. The first-order valence-electron chi connectivity index (χ1n) is 9.30. The maximum atomic E-state index is 12.7. The molecule has 0 spiro atoms. The Morgan fingerprint density at radius 3 is 2.39 bits per heavy atom. The number of hydrogen-bond donors (Lipinski definition) is 2. The number of aromatic nitrogens is 5. The van der Waals surface area contributed by atoms with Gasteiger partial charge < -0.3 is 5.32 Å². The SMILES string of the molecule is CC(C(=O)Nc1ccc(NS(=O)(=O)c2cnn(-c3ccccc3)c2)cc1)n1cncn1. The van der Waals surface area contributed by atoms with E-state index in [1.165, 1.54) is 34.4 Å². The Bertz CT molecular complexity index is 1270. The molecule has 0 aliphatic carbocycles. The van der Waals surface area contributed by atoms with Crippen molar-refractivity contribution in [2.24, 2.45) is 0 Å². The van der Waals surface area contributed by atoms with Gasteiger partial charge in [-0.1, -0.05) is 18.2 Å². The van der Waals surface area contributed by atoms with Crippen molar-refractivity contribution in [3.05, 3.63) is 79.6 Å². The van der Waals surface area contributed by atoms with Gasteiger partial charge in [-0.15, -0.1) is 0 Å². The molecule has 4 aromatic rings. The summed E-state index contributed by atoms with van der Waals surface area (Å²) in [5.41, 5.74) is 1.63. The Labute approximate surface area is 178 Å². The second kappa shape index (κ2) is 8.40. The molecular formula is C20H19N7O3S. The van der Waals surface area contributed by atoms with Gasteiger partial charge >= 0.3 is 0 Å². The first-order chi connectivity index (χ1) is 14.9. The standard InChI is InChI=1S/C20H19N7O3S/c1-15(27-14-21-13-23-27)20(28)24-16-7-9-17(10-8-16)25-31(29,30)19-11-22-26(12-19)18-5-3-2-4-6-18/h2-15,25H,1H3,(H,24,28). The van der Waals surface area contributed by atoms with E-state index in [-0.39, 0.29) is 10.8 Å². The smallest absolute Gasteiger partial charge is 0.265 e. The largest absolute Gasteiger partial charge is 0.324 e. The fourth-order valence-electron chi connectivity index (χ4n) is 2.79. The number of hydrogen-bond acceptors (Lipinski definition) is 6. The lowest BCUT2D eigenvalue weighted by Gasteiger charge is -2.12. The van der Waals surface area contributed by atoms with Crippen molar-refractivity contribution in [1.82, 2.24) is 24.5 Å². The summed E-state index contributed by atoms with van der Waals surface area (Å²) in [6.45, 7) is 1.70. The minimum absolute atomic E-state index is 0.0374. The summed E-state index contributed by atoms with van der Waals surface area (Å²) in [7, 11) is -3.82. The number of carbonyl (C=O) groups is 1. The maximum Gasteiger partial charge on any atom is 0.265 e. The quantitative estimate of drug-likeness (QED) is 0.458. The fourth-order valence-corrected chi connectivity index (χ4v) is 3.78. The number of carbonyl (C=O) groups excluding carboxylic acids is 1. The minimum Gasteiger partial charge on any atom is -0.324 e. The van der Waals surface area contributed by atoms with Crippen LogP contribution in [0.2, 0.25) is 0 Å². The molecule has 1 atom stereocenters. The zero-order chi connectivity index (χ0) is 21.8. The number of sulfonamides is 1. The topological polar surface area (TPSA) is 124 Å². The molecule has 0 bridgehead atoms. The highest BCUT2D eigenvalue weighted by atomic mass is 32.2. The van der Waals surface area contributed by atoms with Crippen LogP contribution in [0, 0.1) is 0 Å². The van der Waals surface area contributed by atoms with E-state index in [2.05, 4.69) is 25.2 Å². The number of benzene rings is 2. The number of rotatable bonds is 7. The molecule has 31 heavy (non-hydrogen) atoms. The second-order valence-corrected chi connectivity index (χ2v) is 8.36. The molecule has 0 saturated carbocycles. The highest BCUT2D eigenvalue weighted by molar-refractivity contribution is 7.92. The van der Waals surface area contributed by atoms with Crippen molar-refractivity contribution in [2.75, 3.05) is 10.0 Å². The Balaban J connectivity index is 1.42. The molecule has 2 aromatic heterocycles. The van der Waals surface area contributed by atoms with E-state index in [9.17, 15) is 13.2 Å². The van der Waals surface area contributed by atoms with E-state index in [4.69, 9.17) is 0 Å². The van der Waals surface area contributed by atoms with Gasteiger partial charge in [0.15, 0.2) is 0 Å². The molecule has 1 unspecified atom stereocenters. The Hall–Kier alpha value is -3.99. The van der Waals surface area contributed by atoms with E-state index in [0.717, 1.165) is 5.69 Å². The molecule has 0 saturated heterocycles. The van der Waals surface area contributed by atoms with E-state index in [0.29, 0.717) is 11.4 Å². The molecule has 2 aromatic carbocycles. The van der Waals surface area contributed by atoms with Crippen LogP contribution in [0.25, 0.3) is 5.69 Å². The average molecular weight is 437 g/mol. The third-order valence-electron chi connectivity index (χ3n) is 4.51. The van der Waals surface area contributed by atoms with Gasteiger partial charge in [0, 0.05) is 11.4 Å². The molecule has 0 radical (unpaired) electrons. The fraction of sp³-hybridized carbons (Fsp3) is 0.100. The second-order valence-electron chi connectivity index (χ2n) is 6.68. The first kappa shape index (κ1) is 20.3. The average Bonchev–Trinajstić information content (AvgIpc) is 3.48. The van der Waals surface area contributed by atoms with Crippen molar-refractivity contribution in [2.45, 2.75) is 17.9 Å². The maximum absolute atomic E-state index is 12.7. The van der Waals surface area contributed by atoms with Crippen molar-refractivity contribution >= 4 is 27.3 Å². The van der Waals surface area contributed by atoms with Crippen LogP contribution in [0.4, 0.5) is 11.4 Å². The van der Waals surface area contributed by atoms with Crippen LogP contribution in [-0.2, 0) is 14.8 Å². The zero-order valence-corrected chi connectivity index (χ0v) is 17.3. The highest BCUT2D eigenvalue weighted by Gasteiger charge is 2.18. The molecule has 0 aliphatic heterocycles. The van der Waals surface area contributed by atoms with Crippen LogP contribution in [-0.4, -0.2) is 38.9 Å². The van der Waals surface area contributed by atoms with E-state index in [1.807, 2.05) is 30.3 Å². The molecule has 10 nitrogen and oxygen atoms in total. The minimum atomic E-state index is -3.82. The number of nitrogens with zero attached hydrogens (tertiary/aromatic N) is 5. The van der Waals surface area contributed by atoms with Gasteiger partial charge in [0.05, 0.1) is 18.1 Å². The normalized spacial score (nSPS) is 12.3. The molecule has 0 fully saturated rings. The van der Waals surface area contributed by atoms with Crippen LogP contribution >= 0.6 is 0 Å². The predicted molar refractivity (Wildman–Crippen MR) is 114 cm³/mol. The van der Waals surface area contributed by atoms with E-state index >= 15 is 0 Å². The van der Waals surface area contributed by atoms with Gasteiger partial charge in [-0.05, 0) is 43.3 Å². The molecule has 4 rings (SSSR count). The lowest BCUT2D eigenvalue weighted by atomic mass is 10.2. The van der Waals surface area contributed by atoms with Crippen molar-refractivity contribution in [1.29, 1.82) is 0 Å². The predicted octanol–water partition coefficient (Wildman–Crippen LogP) is 2.46. The van der Waals surface area contributed by atoms with Gasteiger partial charge in [-0.3, -0.25) is 9.52 Å². The molecule has 11 heteroatoms. The van der Waals surface area contributed by atoms with Crippen LogP contribution in [0.3, 0.4) is 0 Å². The molecule has 1 amide bonds. The van der Waals surface area contributed by atoms with Crippen molar-refractivity contribution in [3.8, 4) is 5.69 Å². The molecule has 2 heterocycles.